The summed E-state index contributed by atoms with van der Waals surface area (Å²) in [4.78, 5) is 10.3. The largest absolute Gasteiger partial charge is 1.00 e. The Hall–Kier alpha value is -1.17. The summed E-state index contributed by atoms with van der Waals surface area (Å²) in [6.45, 7) is 0. The van der Waals surface area contributed by atoms with Crippen molar-refractivity contribution in [2.24, 2.45) is 0 Å². The molecule has 1 aromatic carbocycles. The van der Waals surface area contributed by atoms with Crippen LogP contribution >= 0.6 is 0 Å². The molecule has 6 heteroatoms. The third-order valence-corrected chi connectivity index (χ3v) is 1.62. The maximum absolute atomic E-state index is 10.3. The summed E-state index contributed by atoms with van der Waals surface area (Å²) in [7, 11) is 0. The van der Waals surface area contributed by atoms with E-state index in [0.29, 0.717) is 5.56 Å². The molecule has 0 spiro atoms. The normalized spacial score (nSPS) is 9.33. The molecule has 0 aliphatic heterocycles. The van der Waals surface area contributed by atoms with Gasteiger partial charge in [-0.25, -0.2) is 0 Å². The van der Waals surface area contributed by atoms with Crippen molar-refractivity contribution >= 4 is 5.97 Å². The molecule has 1 aromatic heterocycles. The molecule has 0 atom stereocenters. The van der Waals surface area contributed by atoms with Crippen LogP contribution in [-0.4, -0.2) is 16.2 Å². The molecular formula is C9H5N2NaO3. The van der Waals surface area contributed by atoms with Gasteiger partial charge >= 0.3 is 29.6 Å². The predicted octanol–water partition coefficient (Wildman–Crippen LogP) is -2.90. The minimum atomic E-state index is -1.47. The fraction of sp³-hybridized carbons (Fsp3) is 0. The molecule has 1 heterocycles. The van der Waals surface area contributed by atoms with E-state index in [0.717, 1.165) is 0 Å². The van der Waals surface area contributed by atoms with Gasteiger partial charge in [0.25, 0.3) is 5.89 Å². The van der Waals surface area contributed by atoms with Crippen LogP contribution in [-0.2, 0) is 0 Å². The van der Waals surface area contributed by atoms with E-state index < -0.39 is 11.9 Å². The summed E-state index contributed by atoms with van der Waals surface area (Å²) in [5, 5.41) is 17.2. The maximum Gasteiger partial charge on any atom is 1.00 e. The van der Waals surface area contributed by atoms with Crippen molar-refractivity contribution in [1.82, 2.24) is 10.2 Å². The first-order chi connectivity index (χ1) is 6.77. The van der Waals surface area contributed by atoms with E-state index in [1.807, 2.05) is 6.07 Å². The van der Waals surface area contributed by atoms with Gasteiger partial charge in [-0.15, -0.1) is 10.2 Å². The first-order valence-electron chi connectivity index (χ1n) is 3.87. The van der Waals surface area contributed by atoms with Crippen molar-refractivity contribution in [3.63, 3.8) is 0 Å². The van der Waals surface area contributed by atoms with Crippen molar-refractivity contribution in [2.75, 3.05) is 0 Å². The summed E-state index contributed by atoms with van der Waals surface area (Å²) in [6.07, 6.45) is 0. The van der Waals surface area contributed by atoms with E-state index in [2.05, 4.69) is 10.2 Å². The summed E-state index contributed by atoms with van der Waals surface area (Å²) >= 11 is 0. The van der Waals surface area contributed by atoms with Crippen LogP contribution in [0.1, 0.15) is 10.7 Å². The average Bonchev–Trinajstić information content (AvgIpc) is 2.68. The number of aromatic nitrogens is 2. The molecule has 0 aliphatic rings. The number of hydrogen-bond donors (Lipinski definition) is 0. The van der Waals surface area contributed by atoms with Gasteiger partial charge in [0.05, 0.1) is 0 Å². The number of carboxylic acid groups (broad SMARTS) is 1. The minimum absolute atomic E-state index is 0. The maximum atomic E-state index is 10.3. The van der Waals surface area contributed by atoms with E-state index in [4.69, 9.17) is 4.42 Å². The van der Waals surface area contributed by atoms with Crippen molar-refractivity contribution in [3.8, 4) is 11.5 Å². The van der Waals surface area contributed by atoms with Gasteiger partial charge in [-0.3, -0.25) is 0 Å². The van der Waals surface area contributed by atoms with Gasteiger partial charge in [0.15, 0.2) is 0 Å². The molecule has 0 saturated carbocycles. The van der Waals surface area contributed by atoms with Crippen LogP contribution in [0.3, 0.4) is 0 Å². The Morgan fingerprint density at radius 3 is 2.40 bits per heavy atom. The molecule has 0 amide bonds. The van der Waals surface area contributed by atoms with E-state index in [1.54, 1.807) is 24.3 Å². The number of aromatic carboxylic acids is 1. The number of carboxylic acids is 1. The zero-order chi connectivity index (χ0) is 9.97. The standard InChI is InChI=1S/C9H6N2O3.Na/c12-9(13)8-11-10-7(14-8)6-4-2-1-3-5-6;/h1-5H,(H,12,13);/q;+1/p-1. The Morgan fingerprint density at radius 1 is 1.20 bits per heavy atom. The Bertz CT molecular complexity index is 455. The molecule has 0 unspecified atom stereocenters. The molecule has 70 valence electrons. The van der Waals surface area contributed by atoms with Crippen molar-refractivity contribution in [3.05, 3.63) is 36.2 Å². The summed E-state index contributed by atoms with van der Waals surface area (Å²) in [6, 6.07) is 8.90. The van der Waals surface area contributed by atoms with Crippen molar-refractivity contribution < 1.29 is 43.9 Å². The van der Waals surface area contributed by atoms with Crippen LogP contribution in [0.15, 0.2) is 34.7 Å². The van der Waals surface area contributed by atoms with Crippen LogP contribution in [0.4, 0.5) is 0 Å². The van der Waals surface area contributed by atoms with E-state index in [9.17, 15) is 9.90 Å². The average molecular weight is 212 g/mol. The zero-order valence-electron chi connectivity index (χ0n) is 8.01. The van der Waals surface area contributed by atoms with Gasteiger partial charge in [-0.2, -0.15) is 0 Å². The van der Waals surface area contributed by atoms with Crippen LogP contribution < -0.4 is 34.7 Å². The van der Waals surface area contributed by atoms with Gasteiger partial charge in [-0.1, -0.05) is 18.2 Å². The number of rotatable bonds is 2. The number of hydrogen-bond acceptors (Lipinski definition) is 5. The van der Waals surface area contributed by atoms with Gasteiger partial charge in [-0.05, 0) is 12.1 Å². The molecule has 0 fully saturated rings. The smallest absolute Gasteiger partial charge is 0.540 e. The van der Waals surface area contributed by atoms with Crippen LogP contribution in [0.2, 0.25) is 0 Å². The van der Waals surface area contributed by atoms with E-state index in [-0.39, 0.29) is 35.4 Å². The summed E-state index contributed by atoms with van der Waals surface area (Å²) in [5.41, 5.74) is 0.674. The molecule has 0 bridgehead atoms. The quantitative estimate of drug-likeness (QED) is 0.499. The molecule has 5 nitrogen and oxygen atoms in total. The molecule has 15 heavy (non-hydrogen) atoms. The van der Waals surface area contributed by atoms with Gasteiger partial charge in [0.1, 0.15) is 5.97 Å². The van der Waals surface area contributed by atoms with Crippen LogP contribution in [0.5, 0.6) is 0 Å². The minimum Gasteiger partial charge on any atom is -0.540 e. The zero-order valence-corrected chi connectivity index (χ0v) is 10.0. The molecule has 0 aliphatic carbocycles. The van der Waals surface area contributed by atoms with Crippen molar-refractivity contribution in [1.29, 1.82) is 0 Å². The topological polar surface area (TPSA) is 79.0 Å². The molecule has 0 saturated heterocycles. The fourth-order valence-corrected chi connectivity index (χ4v) is 1.00. The first kappa shape index (κ1) is 11.9. The molecule has 0 N–H and O–H groups in total. The van der Waals surface area contributed by atoms with Gasteiger partial charge in [0.2, 0.25) is 5.89 Å². The second-order valence-corrected chi connectivity index (χ2v) is 2.57. The summed E-state index contributed by atoms with van der Waals surface area (Å²) in [5.74, 6) is -1.81. The molecule has 0 radical (unpaired) electrons. The summed E-state index contributed by atoms with van der Waals surface area (Å²) < 4.78 is 4.85. The Labute approximate surface area is 107 Å². The molecule has 2 rings (SSSR count). The van der Waals surface area contributed by atoms with Crippen LogP contribution in [0, 0.1) is 0 Å². The second-order valence-electron chi connectivity index (χ2n) is 2.57. The third-order valence-electron chi connectivity index (χ3n) is 1.62. The number of carbonyl (C=O) groups excluding carboxylic acids is 1. The fourth-order valence-electron chi connectivity index (χ4n) is 1.00. The van der Waals surface area contributed by atoms with Gasteiger partial charge < -0.3 is 14.3 Å². The SMILES string of the molecule is O=C([O-])c1nnc(-c2ccccc2)o1.[Na+]. The Morgan fingerprint density at radius 2 is 1.87 bits per heavy atom. The van der Waals surface area contributed by atoms with Gasteiger partial charge in [0, 0.05) is 5.56 Å². The molecular weight excluding hydrogens is 207 g/mol. The molecule has 2 aromatic rings. The predicted molar refractivity (Wildman–Crippen MR) is 44.1 cm³/mol. The monoisotopic (exact) mass is 212 g/mol. The number of benzene rings is 1. The van der Waals surface area contributed by atoms with E-state index in [1.165, 1.54) is 0 Å². The van der Waals surface area contributed by atoms with Crippen LogP contribution in [0.25, 0.3) is 11.5 Å². The Balaban J connectivity index is 0.00000112. The third kappa shape index (κ3) is 2.65. The number of carbonyl (C=O) groups is 1. The van der Waals surface area contributed by atoms with Crippen molar-refractivity contribution in [2.45, 2.75) is 0 Å². The number of nitrogens with zero attached hydrogens (tertiary/aromatic N) is 2. The second kappa shape index (κ2) is 5.06. The van der Waals surface area contributed by atoms with E-state index >= 15 is 0 Å². The Kier molecular flexibility index (Phi) is 4.02. The first-order valence-corrected chi connectivity index (χ1v) is 3.87.